The molecule has 0 fully saturated rings. The molecule has 2 rings (SSSR count). The second-order valence-electron chi connectivity index (χ2n) is 5.44. The van der Waals surface area contributed by atoms with Crippen molar-refractivity contribution in [3.63, 3.8) is 0 Å². The maximum Gasteiger partial charge on any atom is 0.266 e. The molecular formula is C17H24N4O. The fourth-order valence-corrected chi connectivity index (χ4v) is 2.54. The van der Waals surface area contributed by atoms with Gasteiger partial charge >= 0.3 is 0 Å². The topological polar surface area (TPSA) is 56.4 Å². The Kier molecular flexibility index (Phi) is 5.22. The number of carbonyl (C=O) groups excluding carboxylic acids is 1. The molecule has 0 unspecified atom stereocenters. The molecule has 1 aliphatic carbocycles. The van der Waals surface area contributed by atoms with Gasteiger partial charge in [0.05, 0.1) is 0 Å². The van der Waals surface area contributed by atoms with Crippen LogP contribution in [0.5, 0.6) is 0 Å². The van der Waals surface area contributed by atoms with E-state index in [1.165, 1.54) is 16.2 Å². The predicted octanol–water partition coefficient (Wildman–Crippen LogP) is 1.72. The van der Waals surface area contributed by atoms with Gasteiger partial charge in [0.2, 0.25) is 0 Å². The number of hydrogen-bond acceptors (Lipinski definition) is 4. The summed E-state index contributed by atoms with van der Waals surface area (Å²) in [6, 6.07) is 0. The van der Waals surface area contributed by atoms with Gasteiger partial charge in [0.25, 0.3) is 5.91 Å². The molecule has 1 amide bonds. The van der Waals surface area contributed by atoms with Crippen molar-refractivity contribution in [1.29, 1.82) is 0 Å². The lowest BCUT2D eigenvalue weighted by Crippen LogP contribution is -2.41. The van der Waals surface area contributed by atoms with E-state index in [0.29, 0.717) is 18.9 Å². The third-order valence-electron chi connectivity index (χ3n) is 3.77. The van der Waals surface area contributed by atoms with E-state index in [2.05, 4.69) is 54.7 Å². The van der Waals surface area contributed by atoms with Gasteiger partial charge in [-0.25, -0.2) is 10.4 Å². The van der Waals surface area contributed by atoms with Gasteiger partial charge in [0, 0.05) is 31.9 Å². The monoisotopic (exact) mass is 300 g/mol. The summed E-state index contributed by atoms with van der Waals surface area (Å²) in [7, 11) is 1.70. The molecule has 118 valence electrons. The molecule has 0 atom stereocenters. The molecule has 1 heterocycles. The highest BCUT2D eigenvalue weighted by atomic mass is 16.2. The van der Waals surface area contributed by atoms with Crippen molar-refractivity contribution in [3.05, 3.63) is 59.1 Å². The second kappa shape index (κ2) is 7.13. The number of carbonyl (C=O) groups is 1. The summed E-state index contributed by atoms with van der Waals surface area (Å²) >= 11 is 0. The van der Waals surface area contributed by atoms with Crippen molar-refractivity contribution in [3.8, 4) is 0 Å². The van der Waals surface area contributed by atoms with Gasteiger partial charge in [-0.15, -0.1) is 0 Å². The van der Waals surface area contributed by atoms with Crippen LogP contribution in [-0.2, 0) is 4.79 Å². The van der Waals surface area contributed by atoms with Crippen LogP contribution in [-0.4, -0.2) is 31.1 Å². The van der Waals surface area contributed by atoms with Crippen LogP contribution in [0, 0.1) is 0 Å². The number of hydrazine groups is 1. The molecule has 5 heteroatoms. The van der Waals surface area contributed by atoms with Crippen molar-refractivity contribution >= 4 is 5.91 Å². The van der Waals surface area contributed by atoms with Crippen LogP contribution in [0.4, 0.5) is 0 Å². The summed E-state index contributed by atoms with van der Waals surface area (Å²) in [5, 5.41) is 8.00. The highest BCUT2D eigenvalue weighted by molar-refractivity contribution is 5.89. The maximum atomic E-state index is 12.1. The third kappa shape index (κ3) is 3.68. The Labute approximate surface area is 132 Å². The van der Waals surface area contributed by atoms with Crippen molar-refractivity contribution in [2.45, 2.75) is 20.3 Å². The van der Waals surface area contributed by atoms with Gasteiger partial charge in [-0.2, -0.15) is 0 Å². The Balaban J connectivity index is 2.09. The highest BCUT2D eigenvalue weighted by Gasteiger charge is 2.18. The lowest BCUT2D eigenvalue weighted by atomic mass is 10.1. The number of amides is 1. The Morgan fingerprint density at radius 3 is 2.91 bits per heavy atom. The van der Waals surface area contributed by atoms with Crippen LogP contribution in [0.15, 0.2) is 59.1 Å². The first kappa shape index (κ1) is 16.1. The summed E-state index contributed by atoms with van der Waals surface area (Å²) in [5.41, 5.74) is 7.39. The van der Waals surface area contributed by atoms with Gasteiger partial charge < -0.3 is 10.6 Å². The molecule has 2 aliphatic rings. The summed E-state index contributed by atoms with van der Waals surface area (Å²) in [6.45, 7) is 9.27. The zero-order valence-electron chi connectivity index (χ0n) is 13.5. The fourth-order valence-electron chi connectivity index (χ4n) is 2.54. The maximum absolute atomic E-state index is 12.1. The minimum Gasteiger partial charge on any atom is -0.381 e. The number of rotatable bonds is 4. The molecule has 0 saturated carbocycles. The molecule has 0 aromatic rings. The normalized spacial score (nSPS) is 19.3. The number of hydrogen-bond donors (Lipinski definition) is 3. The van der Waals surface area contributed by atoms with E-state index in [0.717, 1.165) is 17.7 Å². The molecule has 0 saturated heterocycles. The van der Waals surface area contributed by atoms with Gasteiger partial charge in [-0.05, 0) is 37.0 Å². The highest BCUT2D eigenvalue weighted by Crippen LogP contribution is 2.17. The largest absolute Gasteiger partial charge is 0.381 e. The minimum absolute atomic E-state index is 0.118. The van der Waals surface area contributed by atoms with E-state index in [1.807, 2.05) is 0 Å². The Hall–Kier alpha value is -2.27. The second-order valence-corrected chi connectivity index (χ2v) is 5.44. The quantitative estimate of drug-likeness (QED) is 0.740. The Morgan fingerprint density at radius 2 is 2.18 bits per heavy atom. The van der Waals surface area contributed by atoms with Crippen molar-refractivity contribution in [2.24, 2.45) is 0 Å². The predicted molar refractivity (Wildman–Crippen MR) is 89.3 cm³/mol. The smallest absolute Gasteiger partial charge is 0.266 e. The van der Waals surface area contributed by atoms with Gasteiger partial charge in [-0.1, -0.05) is 24.8 Å². The van der Waals surface area contributed by atoms with Crippen molar-refractivity contribution in [1.82, 2.24) is 21.1 Å². The third-order valence-corrected chi connectivity index (χ3v) is 3.77. The molecule has 0 aromatic heterocycles. The lowest BCUT2D eigenvalue weighted by Gasteiger charge is -2.20. The molecular weight excluding hydrogens is 276 g/mol. The van der Waals surface area contributed by atoms with Crippen LogP contribution < -0.4 is 16.1 Å². The summed E-state index contributed by atoms with van der Waals surface area (Å²) in [5.74, 6) is 0.440. The zero-order valence-corrected chi connectivity index (χ0v) is 13.5. The van der Waals surface area contributed by atoms with E-state index < -0.39 is 0 Å². The summed E-state index contributed by atoms with van der Waals surface area (Å²) in [4.78, 5) is 12.1. The standard InChI is InChI=1S/C17H24N4O/c1-12-7-5-6-8-13(2)17(12)20-11-15-9-16(22)21(18-4)14(3)19-10-15/h5,7-9,18-20H,3,6,10-11H2,1-2,4H3. The molecule has 5 nitrogen and oxygen atoms in total. The van der Waals surface area contributed by atoms with Crippen LogP contribution in [0.1, 0.15) is 20.3 Å². The molecule has 0 spiro atoms. The van der Waals surface area contributed by atoms with E-state index in [9.17, 15) is 4.79 Å². The minimum atomic E-state index is -0.118. The fraction of sp³-hybridized carbons (Fsp3) is 0.353. The van der Waals surface area contributed by atoms with E-state index in [1.54, 1.807) is 13.1 Å². The van der Waals surface area contributed by atoms with E-state index in [4.69, 9.17) is 0 Å². The lowest BCUT2D eigenvalue weighted by molar-refractivity contribution is -0.126. The number of nitrogens with one attached hydrogen (secondary N) is 3. The Morgan fingerprint density at radius 1 is 1.41 bits per heavy atom. The molecule has 0 aromatic carbocycles. The van der Waals surface area contributed by atoms with Crippen LogP contribution in [0.2, 0.25) is 0 Å². The number of nitrogens with zero attached hydrogens (tertiary/aromatic N) is 1. The van der Waals surface area contributed by atoms with E-state index in [-0.39, 0.29) is 5.91 Å². The van der Waals surface area contributed by atoms with Gasteiger partial charge in [0.1, 0.15) is 5.82 Å². The first-order chi connectivity index (χ1) is 10.5. The van der Waals surface area contributed by atoms with Crippen molar-refractivity contribution < 1.29 is 4.79 Å². The van der Waals surface area contributed by atoms with E-state index >= 15 is 0 Å². The molecule has 3 N–H and O–H groups in total. The van der Waals surface area contributed by atoms with Gasteiger partial charge in [0.15, 0.2) is 0 Å². The van der Waals surface area contributed by atoms with Crippen LogP contribution in [0.25, 0.3) is 0 Å². The van der Waals surface area contributed by atoms with Crippen LogP contribution >= 0.6 is 0 Å². The molecule has 0 bridgehead atoms. The van der Waals surface area contributed by atoms with Crippen LogP contribution in [0.3, 0.4) is 0 Å². The Bertz CT molecular complexity index is 596. The zero-order chi connectivity index (χ0) is 16.1. The molecule has 22 heavy (non-hydrogen) atoms. The molecule has 0 radical (unpaired) electrons. The van der Waals surface area contributed by atoms with Crippen molar-refractivity contribution in [2.75, 3.05) is 20.1 Å². The summed E-state index contributed by atoms with van der Waals surface area (Å²) < 4.78 is 0. The number of allylic oxidation sites excluding steroid dienone is 5. The van der Waals surface area contributed by atoms with Gasteiger partial charge in [-0.3, -0.25) is 4.79 Å². The average molecular weight is 300 g/mol. The molecule has 1 aliphatic heterocycles. The first-order valence-electron chi connectivity index (χ1n) is 7.45. The first-order valence-corrected chi connectivity index (χ1v) is 7.45. The SMILES string of the molecule is C=C1NCC(CNC2=C(C)C=CCC=C2C)=CC(=O)N1NC. The summed E-state index contributed by atoms with van der Waals surface area (Å²) in [6.07, 6.45) is 9.08. The average Bonchev–Trinajstić information content (AvgIpc) is 2.72.